The molecule has 2 heterocycles. The van der Waals surface area contributed by atoms with Gasteiger partial charge in [0.25, 0.3) is 0 Å². The molecule has 4 rings (SSSR count). The van der Waals surface area contributed by atoms with Crippen LogP contribution in [-0.4, -0.2) is 19.2 Å². The number of halogens is 5. The number of hydrogen-bond acceptors (Lipinski definition) is 4. The minimum absolute atomic E-state index is 0.00342. The van der Waals surface area contributed by atoms with Crippen LogP contribution in [0, 0.1) is 6.92 Å². The Kier molecular flexibility index (Phi) is 5.76. The highest BCUT2D eigenvalue weighted by atomic mass is 35.5. The molecule has 4 aromatic rings. The monoisotopic (exact) mass is 484 g/mol. The molecule has 0 N–H and O–H groups in total. The van der Waals surface area contributed by atoms with Crippen molar-refractivity contribution in [2.24, 2.45) is 0 Å². The Balaban J connectivity index is 1.65. The van der Waals surface area contributed by atoms with Gasteiger partial charge in [0.15, 0.2) is 5.16 Å². The van der Waals surface area contributed by atoms with Crippen molar-refractivity contribution in [1.82, 2.24) is 19.2 Å². The molecule has 0 aliphatic heterocycles. The average molecular weight is 485 g/mol. The summed E-state index contributed by atoms with van der Waals surface area (Å²) in [5, 5.41) is 8.88. The number of thioether (sulfide) groups is 1. The van der Waals surface area contributed by atoms with Crippen LogP contribution in [0.1, 0.15) is 16.7 Å². The maximum atomic E-state index is 13.0. The van der Waals surface area contributed by atoms with Crippen LogP contribution in [0.2, 0.25) is 10.0 Å². The Morgan fingerprint density at radius 1 is 1.10 bits per heavy atom. The maximum Gasteiger partial charge on any atom is 0.416 e. The molecule has 31 heavy (non-hydrogen) atoms. The Morgan fingerprint density at radius 2 is 1.87 bits per heavy atom. The van der Waals surface area contributed by atoms with E-state index in [0.29, 0.717) is 21.4 Å². The van der Waals surface area contributed by atoms with E-state index in [0.717, 1.165) is 29.5 Å². The van der Waals surface area contributed by atoms with Gasteiger partial charge in [-0.1, -0.05) is 41.0 Å². The fourth-order valence-electron chi connectivity index (χ4n) is 3.06. The first-order valence-corrected chi connectivity index (χ1v) is 10.6. The second-order valence-electron chi connectivity index (χ2n) is 6.67. The summed E-state index contributed by atoms with van der Waals surface area (Å²) in [6, 6.07) is 8.62. The fraction of sp³-hybridized carbons (Fsp3) is 0.150. The van der Waals surface area contributed by atoms with E-state index in [1.54, 1.807) is 37.5 Å². The number of benzene rings is 2. The summed E-state index contributed by atoms with van der Waals surface area (Å²) in [7, 11) is 0. The normalized spacial score (nSPS) is 11.9. The summed E-state index contributed by atoms with van der Waals surface area (Å²) in [4.78, 5) is 12.9. The lowest BCUT2D eigenvalue weighted by Gasteiger charge is -2.11. The Hall–Kier alpha value is -2.49. The summed E-state index contributed by atoms with van der Waals surface area (Å²) < 4.78 is 41.9. The van der Waals surface area contributed by atoms with Crippen LogP contribution in [0.4, 0.5) is 13.2 Å². The van der Waals surface area contributed by atoms with Gasteiger partial charge in [-0.3, -0.25) is 13.8 Å². The van der Waals surface area contributed by atoms with Crippen LogP contribution in [0.3, 0.4) is 0 Å². The second kappa shape index (κ2) is 8.22. The zero-order chi connectivity index (χ0) is 22.3. The van der Waals surface area contributed by atoms with Crippen LogP contribution in [-0.2, 0) is 11.9 Å². The van der Waals surface area contributed by atoms with Crippen LogP contribution in [0.15, 0.2) is 58.7 Å². The average Bonchev–Trinajstić information content (AvgIpc) is 3.12. The third kappa shape index (κ3) is 4.30. The van der Waals surface area contributed by atoms with Gasteiger partial charge in [0.1, 0.15) is 0 Å². The summed E-state index contributed by atoms with van der Waals surface area (Å²) in [6.45, 7) is 1.81. The Labute approximate surface area is 188 Å². The molecular formula is C20H13Cl2F3N4OS. The van der Waals surface area contributed by atoms with E-state index in [1.807, 2.05) is 0 Å². The van der Waals surface area contributed by atoms with E-state index in [2.05, 4.69) is 10.2 Å². The molecule has 2 aromatic heterocycles. The van der Waals surface area contributed by atoms with Gasteiger partial charge in [0.05, 0.1) is 11.3 Å². The third-order valence-electron chi connectivity index (χ3n) is 4.59. The highest BCUT2D eigenvalue weighted by Crippen LogP contribution is 2.33. The molecule has 0 aliphatic rings. The number of fused-ring (bicyclic) bond motifs is 1. The number of nitrogens with zero attached hydrogens (tertiary/aromatic N) is 4. The number of hydrogen-bond donors (Lipinski definition) is 0. The third-order valence-corrected chi connectivity index (χ3v) is 6.23. The lowest BCUT2D eigenvalue weighted by atomic mass is 10.1. The first kappa shape index (κ1) is 21.7. The molecule has 0 aliphatic carbocycles. The van der Waals surface area contributed by atoms with Crippen LogP contribution >= 0.6 is 35.0 Å². The van der Waals surface area contributed by atoms with E-state index in [-0.39, 0.29) is 16.4 Å². The molecule has 0 fully saturated rings. The molecule has 0 saturated heterocycles. The van der Waals surface area contributed by atoms with Crippen molar-refractivity contribution in [3.8, 4) is 5.69 Å². The summed E-state index contributed by atoms with van der Waals surface area (Å²) in [6.07, 6.45) is -1.30. The number of alkyl halides is 3. The summed E-state index contributed by atoms with van der Waals surface area (Å²) in [5.74, 6) is 0.168. The molecule has 0 amide bonds. The predicted molar refractivity (Wildman–Crippen MR) is 114 cm³/mol. The van der Waals surface area contributed by atoms with Crippen molar-refractivity contribution in [3.63, 3.8) is 0 Å². The molecular weight excluding hydrogens is 472 g/mol. The molecule has 0 saturated carbocycles. The maximum absolute atomic E-state index is 13.0. The molecule has 160 valence electrons. The SMILES string of the molecule is Cc1c(Cl)cccc1-n1ccn2c(SCc3cc(Cl)cc(C(F)(F)F)c3)nnc2c1=O. The number of rotatable bonds is 4. The molecule has 2 aromatic carbocycles. The summed E-state index contributed by atoms with van der Waals surface area (Å²) >= 11 is 13.1. The van der Waals surface area contributed by atoms with Gasteiger partial charge in [-0.05, 0) is 48.4 Å². The second-order valence-corrected chi connectivity index (χ2v) is 8.45. The molecule has 11 heteroatoms. The smallest absolute Gasteiger partial charge is 0.279 e. The molecule has 0 bridgehead atoms. The highest BCUT2D eigenvalue weighted by Gasteiger charge is 2.31. The van der Waals surface area contributed by atoms with E-state index in [9.17, 15) is 18.0 Å². The van der Waals surface area contributed by atoms with Gasteiger partial charge in [-0.15, -0.1) is 10.2 Å². The molecule has 0 radical (unpaired) electrons. The minimum atomic E-state index is -4.49. The highest BCUT2D eigenvalue weighted by molar-refractivity contribution is 7.98. The van der Waals surface area contributed by atoms with Gasteiger partial charge >= 0.3 is 11.7 Å². The zero-order valence-electron chi connectivity index (χ0n) is 15.8. The van der Waals surface area contributed by atoms with Gasteiger partial charge in [-0.2, -0.15) is 13.2 Å². The standard InChI is InChI=1S/C20H13Cl2F3N4OS/c1-11-15(22)3-2-4-16(11)28-5-6-29-17(18(28)30)26-27-19(29)31-10-12-7-13(20(23,24)25)9-14(21)8-12/h2-9H,10H2,1H3. The van der Waals surface area contributed by atoms with Crippen molar-refractivity contribution >= 4 is 40.6 Å². The van der Waals surface area contributed by atoms with Crippen LogP contribution in [0.25, 0.3) is 11.3 Å². The molecule has 0 unspecified atom stereocenters. The van der Waals surface area contributed by atoms with E-state index < -0.39 is 17.3 Å². The molecule has 0 atom stereocenters. The molecule has 5 nitrogen and oxygen atoms in total. The van der Waals surface area contributed by atoms with Crippen molar-refractivity contribution < 1.29 is 13.2 Å². The van der Waals surface area contributed by atoms with Gasteiger partial charge in [0, 0.05) is 28.2 Å². The minimum Gasteiger partial charge on any atom is -0.279 e. The van der Waals surface area contributed by atoms with Crippen LogP contribution < -0.4 is 5.56 Å². The van der Waals surface area contributed by atoms with Gasteiger partial charge in [0.2, 0.25) is 5.65 Å². The summed E-state index contributed by atoms with van der Waals surface area (Å²) in [5.41, 5.74) is 0.619. The van der Waals surface area contributed by atoms with E-state index >= 15 is 0 Å². The Bertz CT molecular complexity index is 1350. The van der Waals surface area contributed by atoms with E-state index in [1.165, 1.54) is 15.0 Å². The quantitative estimate of drug-likeness (QED) is 0.343. The topological polar surface area (TPSA) is 52.2 Å². The van der Waals surface area contributed by atoms with Crippen LogP contribution in [0.5, 0.6) is 0 Å². The zero-order valence-corrected chi connectivity index (χ0v) is 18.1. The predicted octanol–water partition coefficient (Wildman–Crippen LogP) is 5.81. The van der Waals surface area contributed by atoms with Crippen molar-refractivity contribution in [2.75, 3.05) is 0 Å². The first-order chi connectivity index (χ1) is 14.6. The van der Waals surface area contributed by atoms with Crippen molar-refractivity contribution in [2.45, 2.75) is 24.0 Å². The number of aromatic nitrogens is 4. The lowest BCUT2D eigenvalue weighted by molar-refractivity contribution is -0.137. The first-order valence-electron chi connectivity index (χ1n) is 8.86. The van der Waals surface area contributed by atoms with Crippen molar-refractivity contribution in [3.05, 3.63) is 85.9 Å². The van der Waals surface area contributed by atoms with Crippen molar-refractivity contribution in [1.29, 1.82) is 0 Å². The van der Waals surface area contributed by atoms with Gasteiger partial charge in [-0.25, -0.2) is 0 Å². The lowest BCUT2D eigenvalue weighted by Crippen LogP contribution is -2.21. The largest absolute Gasteiger partial charge is 0.416 e. The fourth-order valence-corrected chi connectivity index (χ4v) is 4.33. The van der Waals surface area contributed by atoms with Gasteiger partial charge < -0.3 is 0 Å². The molecule has 0 spiro atoms. The van der Waals surface area contributed by atoms with E-state index in [4.69, 9.17) is 23.2 Å². The Morgan fingerprint density at radius 3 is 2.61 bits per heavy atom.